The van der Waals surface area contributed by atoms with Gasteiger partial charge in [0.2, 0.25) is 0 Å². The third-order valence-corrected chi connectivity index (χ3v) is 4.32. The summed E-state index contributed by atoms with van der Waals surface area (Å²) in [4.78, 5) is 14.3. The highest BCUT2D eigenvalue weighted by Crippen LogP contribution is 2.23. The predicted molar refractivity (Wildman–Crippen MR) is 81.3 cm³/mol. The molecule has 1 fully saturated rings. The maximum atomic E-state index is 11.9. The molecule has 0 bridgehead atoms. The lowest BCUT2D eigenvalue weighted by Crippen LogP contribution is -2.40. The number of ketones is 1. The summed E-state index contributed by atoms with van der Waals surface area (Å²) in [5.41, 5.74) is 1.05. The zero-order chi connectivity index (χ0) is 14.5. The number of rotatable bonds is 5. The van der Waals surface area contributed by atoms with E-state index in [1.54, 1.807) is 14.0 Å². The maximum absolute atomic E-state index is 11.9. The molecule has 1 atom stereocenters. The van der Waals surface area contributed by atoms with E-state index in [-0.39, 0.29) is 11.7 Å². The van der Waals surface area contributed by atoms with E-state index in [4.69, 9.17) is 16.3 Å². The number of carbonyl (C=O) groups excluding carboxylic acids is 1. The fourth-order valence-corrected chi connectivity index (χ4v) is 2.88. The zero-order valence-electron chi connectivity index (χ0n) is 12.1. The Balaban J connectivity index is 2.00. The van der Waals surface area contributed by atoms with Gasteiger partial charge in [0.1, 0.15) is 5.78 Å². The molecule has 1 aromatic rings. The third-order valence-electron chi connectivity index (χ3n) is 4.07. The van der Waals surface area contributed by atoms with Crippen LogP contribution in [0.5, 0.6) is 0 Å². The number of halogens is 1. The first kappa shape index (κ1) is 15.5. The molecule has 1 aromatic carbocycles. The van der Waals surface area contributed by atoms with Crippen molar-refractivity contribution in [2.45, 2.75) is 31.8 Å². The van der Waals surface area contributed by atoms with Gasteiger partial charge in [-0.1, -0.05) is 23.7 Å². The first-order valence-electron chi connectivity index (χ1n) is 7.11. The molecular formula is C16H22ClNO2. The molecule has 0 spiro atoms. The van der Waals surface area contributed by atoms with E-state index in [1.165, 1.54) is 0 Å². The van der Waals surface area contributed by atoms with Crippen molar-refractivity contribution in [3.63, 3.8) is 0 Å². The second kappa shape index (κ2) is 7.21. The fraction of sp³-hybridized carbons (Fsp3) is 0.562. The van der Waals surface area contributed by atoms with Crippen LogP contribution in [0.15, 0.2) is 24.3 Å². The largest absolute Gasteiger partial charge is 0.381 e. The van der Waals surface area contributed by atoms with E-state index >= 15 is 0 Å². The lowest BCUT2D eigenvalue weighted by molar-refractivity contribution is -0.119. The SMILES string of the molecule is COC1CCN(CC(C(C)=O)c2ccc(Cl)cc2)CC1. The number of hydrogen-bond acceptors (Lipinski definition) is 3. The van der Waals surface area contributed by atoms with E-state index in [0.29, 0.717) is 11.1 Å². The van der Waals surface area contributed by atoms with Crippen LogP contribution >= 0.6 is 11.6 Å². The normalized spacial score (nSPS) is 18.9. The number of ether oxygens (including phenoxy) is 1. The summed E-state index contributed by atoms with van der Waals surface area (Å²) < 4.78 is 5.38. The molecule has 2 rings (SSSR count). The highest BCUT2D eigenvalue weighted by Gasteiger charge is 2.24. The molecule has 20 heavy (non-hydrogen) atoms. The van der Waals surface area contributed by atoms with Gasteiger partial charge in [-0.3, -0.25) is 4.79 Å². The van der Waals surface area contributed by atoms with Crippen molar-refractivity contribution in [3.05, 3.63) is 34.9 Å². The average molecular weight is 296 g/mol. The van der Waals surface area contributed by atoms with Crippen LogP contribution in [0.25, 0.3) is 0 Å². The Morgan fingerprint density at radius 1 is 1.35 bits per heavy atom. The van der Waals surface area contributed by atoms with Gasteiger partial charge in [0, 0.05) is 31.8 Å². The number of likely N-dealkylation sites (tertiary alicyclic amines) is 1. The summed E-state index contributed by atoms with van der Waals surface area (Å²) in [5.74, 6) is 0.146. The molecule has 3 nitrogen and oxygen atoms in total. The fourth-order valence-electron chi connectivity index (χ4n) is 2.75. The molecule has 1 aliphatic rings. The zero-order valence-corrected chi connectivity index (χ0v) is 12.9. The highest BCUT2D eigenvalue weighted by molar-refractivity contribution is 6.30. The van der Waals surface area contributed by atoms with Crippen LogP contribution in [0.4, 0.5) is 0 Å². The van der Waals surface area contributed by atoms with E-state index in [1.807, 2.05) is 24.3 Å². The van der Waals surface area contributed by atoms with Gasteiger partial charge in [0.15, 0.2) is 0 Å². The number of carbonyl (C=O) groups is 1. The van der Waals surface area contributed by atoms with Gasteiger partial charge < -0.3 is 9.64 Å². The van der Waals surface area contributed by atoms with Crippen LogP contribution in [-0.4, -0.2) is 43.5 Å². The molecule has 0 saturated carbocycles. The molecular weight excluding hydrogens is 274 g/mol. The number of benzene rings is 1. The molecule has 0 N–H and O–H groups in total. The van der Waals surface area contributed by atoms with Gasteiger partial charge >= 0.3 is 0 Å². The molecule has 0 radical (unpaired) electrons. The Bertz CT molecular complexity index is 438. The van der Waals surface area contributed by atoms with Crippen molar-refractivity contribution in [3.8, 4) is 0 Å². The predicted octanol–water partition coefficient (Wildman–Crippen LogP) is 3.12. The molecule has 1 saturated heterocycles. The number of piperidine rings is 1. The quantitative estimate of drug-likeness (QED) is 0.836. The van der Waals surface area contributed by atoms with Gasteiger partial charge in [-0.25, -0.2) is 0 Å². The van der Waals surface area contributed by atoms with E-state index in [2.05, 4.69) is 4.90 Å². The van der Waals surface area contributed by atoms with Crippen molar-refractivity contribution < 1.29 is 9.53 Å². The molecule has 1 heterocycles. The van der Waals surface area contributed by atoms with Crippen LogP contribution in [0.2, 0.25) is 5.02 Å². The summed E-state index contributed by atoms with van der Waals surface area (Å²) in [6.07, 6.45) is 2.46. The van der Waals surface area contributed by atoms with Gasteiger partial charge in [-0.15, -0.1) is 0 Å². The van der Waals surface area contributed by atoms with E-state index < -0.39 is 0 Å². The van der Waals surface area contributed by atoms with Crippen LogP contribution in [0.1, 0.15) is 31.2 Å². The number of methoxy groups -OCH3 is 1. The first-order valence-corrected chi connectivity index (χ1v) is 7.49. The second-order valence-corrected chi connectivity index (χ2v) is 5.89. The second-order valence-electron chi connectivity index (χ2n) is 5.45. The maximum Gasteiger partial charge on any atom is 0.138 e. The van der Waals surface area contributed by atoms with Crippen molar-refractivity contribution in [1.29, 1.82) is 0 Å². The minimum atomic E-state index is -0.0636. The van der Waals surface area contributed by atoms with E-state index in [0.717, 1.165) is 38.0 Å². The van der Waals surface area contributed by atoms with Gasteiger partial charge in [-0.05, 0) is 37.5 Å². The summed E-state index contributed by atoms with van der Waals surface area (Å²) in [6, 6.07) is 7.61. The summed E-state index contributed by atoms with van der Waals surface area (Å²) in [6.45, 7) is 4.44. The molecule has 1 unspecified atom stereocenters. The Morgan fingerprint density at radius 2 is 1.95 bits per heavy atom. The Labute approximate surface area is 125 Å². The standard InChI is InChI=1S/C16H22ClNO2/c1-12(19)16(13-3-5-14(17)6-4-13)11-18-9-7-15(20-2)8-10-18/h3-6,15-16H,7-11H2,1-2H3. The van der Waals surface area contributed by atoms with Gasteiger partial charge in [-0.2, -0.15) is 0 Å². The molecule has 4 heteroatoms. The smallest absolute Gasteiger partial charge is 0.138 e. The minimum Gasteiger partial charge on any atom is -0.381 e. The Kier molecular flexibility index (Phi) is 5.58. The third kappa shape index (κ3) is 4.05. The van der Waals surface area contributed by atoms with Crippen LogP contribution in [-0.2, 0) is 9.53 Å². The topological polar surface area (TPSA) is 29.5 Å². The van der Waals surface area contributed by atoms with Crippen molar-refractivity contribution in [1.82, 2.24) is 4.90 Å². The van der Waals surface area contributed by atoms with Gasteiger partial charge in [0.05, 0.1) is 12.0 Å². The van der Waals surface area contributed by atoms with Gasteiger partial charge in [0.25, 0.3) is 0 Å². The van der Waals surface area contributed by atoms with Crippen LogP contribution < -0.4 is 0 Å². The highest BCUT2D eigenvalue weighted by atomic mass is 35.5. The summed E-state index contributed by atoms with van der Waals surface area (Å²) in [5, 5.41) is 0.706. The Hall–Kier alpha value is -0.900. The first-order chi connectivity index (χ1) is 9.60. The van der Waals surface area contributed by atoms with Crippen LogP contribution in [0.3, 0.4) is 0 Å². The summed E-state index contributed by atoms with van der Waals surface area (Å²) in [7, 11) is 1.77. The molecule has 1 aliphatic heterocycles. The molecule has 0 amide bonds. The van der Waals surface area contributed by atoms with Crippen molar-refractivity contribution in [2.24, 2.45) is 0 Å². The monoisotopic (exact) mass is 295 g/mol. The minimum absolute atomic E-state index is 0.0636. The lowest BCUT2D eigenvalue weighted by atomic mass is 9.94. The van der Waals surface area contributed by atoms with E-state index in [9.17, 15) is 4.79 Å². The number of hydrogen-bond donors (Lipinski definition) is 0. The van der Waals surface area contributed by atoms with Crippen molar-refractivity contribution in [2.75, 3.05) is 26.7 Å². The summed E-state index contributed by atoms with van der Waals surface area (Å²) >= 11 is 5.91. The van der Waals surface area contributed by atoms with Crippen LogP contribution in [0, 0.1) is 0 Å². The Morgan fingerprint density at radius 3 is 2.45 bits per heavy atom. The number of Topliss-reactive ketones (excluding diaryl/α,β-unsaturated/α-hetero) is 1. The van der Waals surface area contributed by atoms with Crippen molar-refractivity contribution >= 4 is 17.4 Å². The molecule has 0 aromatic heterocycles. The average Bonchev–Trinajstić information content (AvgIpc) is 2.46. The molecule has 0 aliphatic carbocycles. The lowest BCUT2D eigenvalue weighted by Gasteiger charge is -2.33. The molecule has 110 valence electrons. The number of nitrogens with zero attached hydrogens (tertiary/aromatic N) is 1.